The number of methoxy groups -OCH3 is 1. The second kappa shape index (κ2) is 9.79. The second-order valence-electron chi connectivity index (χ2n) is 9.33. The molecule has 2 heterocycles. The molecule has 37 heavy (non-hydrogen) atoms. The minimum Gasteiger partial charge on any atom is -0.482 e. The SMILES string of the molecule is COC(=O)c1cc2c(cc1F)C(=C1C=C(c3ccc(C(=O)N(C)CC(O)CO)cc3)C(C)(C)O1)C(=O)N2. The summed E-state index contributed by atoms with van der Waals surface area (Å²) in [6.07, 6.45) is 0.677. The molecule has 10 heteroatoms. The molecule has 0 saturated carbocycles. The summed E-state index contributed by atoms with van der Waals surface area (Å²) in [6.45, 7) is 3.19. The Kier molecular flexibility index (Phi) is 6.90. The van der Waals surface area contributed by atoms with Gasteiger partial charge in [-0.1, -0.05) is 12.1 Å². The van der Waals surface area contributed by atoms with E-state index in [1.165, 1.54) is 18.0 Å². The molecule has 1 atom stereocenters. The maximum absolute atomic E-state index is 14.6. The summed E-state index contributed by atoms with van der Waals surface area (Å²) in [5, 5.41) is 21.2. The highest BCUT2D eigenvalue weighted by molar-refractivity contribution is 6.32. The summed E-state index contributed by atoms with van der Waals surface area (Å²) in [6, 6.07) is 9.12. The number of ether oxygens (including phenoxy) is 2. The molecular formula is C27H27FN2O7. The normalized spacial score (nSPS) is 18.5. The lowest BCUT2D eigenvalue weighted by Crippen LogP contribution is -2.35. The predicted octanol–water partition coefficient (Wildman–Crippen LogP) is 2.59. The van der Waals surface area contributed by atoms with Crippen LogP contribution in [0.25, 0.3) is 11.1 Å². The van der Waals surface area contributed by atoms with Gasteiger partial charge in [-0.15, -0.1) is 0 Å². The fourth-order valence-corrected chi connectivity index (χ4v) is 4.39. The number of hydrogen-bond donors (Lipinski definition) is 3. The van der Waals surface area contributed by atoms with Crippen LogP contribution in [-0.2, 0) is 14.3 Å². The topological polar surface area (TPSA) is 125 Å². The number of carbonyl (C=O) groups excluding carboxylic acids is 3. The molecule has 0 aliphatic carbocycles. The van der Waals surface area contributed by atoms with Crippen molar-refractivity contribution >= 4 is 34.6 Å². The van der Waals surface area contributed by atoms with Crippen LogP contribution in [0.15, 0.2) is 48.2 Å². The summed E-state index contributed by atoms with van der Waals surface area (Å²) in [4.78, 5) is 38.6. The zero-order valence-corrected chi connectivity index (χ0v) is 20.8. The number of likely N-dealkylation sites (N-methyl/N-ethyl adjacent to an activating group) is 1. The number of nitrogens with one attached hydrogen (secondary N) is 1. The van der Waals surface area contributed by atoms with Gasteiger partial charge in [0.1, 0.15) is 17.2 Å². The van der Waals surface area contributed by atoms with Gasteiger partial charge in [-0.25, -0.2) is 9.18 Å². The number of carbonyl (C=O) groups is 3. The summed E-state index contributed by atoms with van der Waals surface area (Å²) >= 11 is 0. The van der Waals surface area contributed by atoms with Crippen molar-refractivity contribution in [3.05, 3.63) is 76.3 Å². The summed E-state index contributed by atoms with van der Waals surface area (Å²) < 4.78 is 25.4. The zero-order valence-electron chi connectivity index (χ0n) is 20.8. The minimum absolute atomic E-state index is 0.00864. The second-order valence-corrected chi connectivity index (χ2v) is 9.33. The lowest BCUT2D eigenvalue weighted by molar-refractivity contribution is -0.111. The third kappa shape index (κ3) is 4.85. The van der Waals surface area contributed by atoms with Crippen LogP contribution in [0.2, 0.25) is 0 Å². The molecule has 3 N–H and O–H groups in total. The first-order valence-corrected chi connectivity index (χ1v) is 11.5. The van der Waals surface area contributed by atoms with Crippen LogP contribution in [0.1, 0.15) is 45.7 Å². The fourth-order valence-electron chi connectivity index (χ4n) is 4.39. The van der Waals surface area contributed by atoms with Crippen LogP contribution in [-0.4, -0.2) is 71.9 Å². The predicted molar refractivity (Wildman–Crippen MR) is 133 cm³/mol. The van der Waals surface area contributed by atoms with E-state index < -0.39 is 36.0 Å². The molecule has 4 rings (SSSR count). The number of esters is 1. The van der Waals surface area contributed by atoms with Gasteiger partial charge in [0.15, 0.2) is 0 Å². The molecule has 194 valence electrons. The van der Waals surface area contributed by atoms with Crippen molar-refractivity contribution in [2.45, 2.75) is 25.6 Å². The molecule has 2 aliphatic rings. The number of allylic oxidation sites excluding steroid dienone is 1. The molecule has 2 aliphatic heterocycles. The van der Waals surface area contributed by atoms with Gasteiger partial charge in [-0.3, -0.25) is 9.59 Å². The number of aliphatic hydroxyl groups is 2. The van der Waals surface area contributed by atoms with Crippen LogP contribution in [0, 0.1) is 5.82 Å². The van der Waals surface area contributed by atoms with Gasteiger partial charge in [0.05, 0.1) is 36.6 Å². The van der Waals surface area contributed by atoms with E-state index in [1.807, 2.05) is 13.8 Å². The number of aliphatic hydroxyl groups excluding tert-OH is 2. The lowest BCUT2D eigenvalue weighted by atomic mass is 9.91. The van der Waals surface area contributed by atoms with Crippen LogP contribution in [0.4, 0.5) is 10.1 Å². The van der Waals surface area contributed by atoms with Gasteiger partial charge < -0.3 is 29.9 Å². The Morgan fingerprint density at radius 3 is 2.51 bits per heavy atom. The van der Waals surface area contributed by atoms with Crippen molar-refractivity contribution in [2.24, 2.45) is 0 Å². The number of nitrogens with zero attached hydrogens (tertiary/aromatic N) is 1. The lowest BCUT2D eigenvalue weighted by Gasteiger charge is -2.24. The van der Waals surface area contributed by atoms with Crippen molar-refractivity contribution in [1.29, 1.82) is 0 Å². The largest absolute Gasteiger partial charge is 0.482 e. The van der Waals surface area contributed by atoms with E-state index in [2.05, 4.69) is 10.1 Å². The molecule has 2 aromatic rings. The van der Waals surface area contributed by atoms with Crippen LogP contribution >= 0.6 is 0 Å². The number of halogens is 1. The molecule has 0 bridgehead atoms. The number of hydrogen-bond acceptors (Lipinski definition) is 7. The van der Waals surface area contributed by atoms with Gasteiger partial charge in [-0.2, -0.15) is 0 Å². The van der Waals surface area contributed by atoms with Crippen molar-refractivity contribution in [1.82, 2.24) is 4.90 Å². The van der Waals surface area contributed by atoms with Gasteiger partial charge in [0, 0.05) is 30.3 Å². The number of amides is 2. The Balaban J connectivity index is 1.68. The molecule has 2 aromatic carbocycles. The molecule has 0 aromatic heterocycles. The first-order valence-electron chi connectivity index (χ1n) is 11.5. The smallest absolute Gasteiger partial charge is 0.340 e. The molecule has 2 amide bonds. The third-order valence-electron chi connectivity index (χ3n) is 6.28. The first kappa shape index (κ1) is 26.1. The van der Waals surface area contributed by atoms with Crippen molar-refractivity contribution < 1.29 is 38.5 Å². The molecule has 0 spiro atoms. The molecule has 0 fully saturated rings. The Hall–Kier alpha value is -4.02. The molecule has 0 saturated heterocycles. The average molecular weight is 511 g/mol. The van der Waals surface area contributed by atoms with Gasteiger partial charge in [0.2, 0.25) is 0 Å². The Morgan fingerprint density at radius 1 is 1.22 bits per heavy atom. The standard InChI is InChI=1S/C27H27FN2O7/c1-27(2)19(14-5-7-15(8-6-14)25(34)30(3)12-16(32)13-31)11-22(37-27)23-18-9-20(28)17(26(35)36-4)10-21(18)29-24(23)33/h5-11,16,31-32H,12-13H2,1-4H3,(H,29,33). The van der Waals surface area contributed by atoms with E-state index in [4.69, 9.17) is 9.84 Å². The summed E-state index contributed by atoms with van der Waals surface area (Å²) in [5.41, 5.74) is 1.44. The third-order valence-corrected chi connectivity index (χ3v) is 6.28. The van der Waals surface area contributed by atoms with Crippen molar-refractivity contribution in [2.75, 3.05) is 32.6 Å². The van der Waals surface area contributed by atoms with E-state index in [1.54, 1.807) is 30.3 Å². The highest BCUT2D eigenvalue weighted by Crippen LogP contribution is 2.44. The van der Waals surface area contributed by atoms with E-state index in [0.717, 1.165) is 24.3 Å². The van der Waals surface area contributed by atoms with E-state index >= 15 is 0 Å². The van der Waals surface area contributed by atoms with Gasteiger partial charge in [-0.05, 0) is 49.8 Å². The number of anilines is 1. The van der Waals surface area contributed by atoms with Crippen molar-refractivity contribution in [3.8, 4) is 0 Å². The van der Waals surface area contributed by atoms with Gasteiger partial charge in [0.25, 0.3) is 11.8 Å². The van der Waals surface area contributed by atoms with Crippen LogP contribution < -0.4 is 5.32 Å². The Labute approximate surface area is 212 Å². The summed E-state index contributed by atoms with van der Waals surface area (Å²) in [5.74, 6) is -2.23. The molecule has 9 nitrogen and oxygen atoms in total. The molecule has 1 unspecified atom stereocenters. The Morgan fingerprint density at radius 2 is 1.89 bits per heavy atom. The van der Waals surface area contributed by atoms with Gasteiger partial charge >= 0.3 is 5.97 Å². The average Bonchev–Trinajstić information content (AvgIpc) is 3.36. The highest BCUT2D eigenvalue weighted by atomic mass is 19.1. The summed E-state index contributed by atoms with van der Waals surface area (Å²) in [7, 11) is 2.68. The number of fused-ring (bicyclic) bond motifs is 1. The fraction of sp³-hybridized carbons (Fsp3) is 0.296. The maximum Gasteiger partial charge on any atom is 0.340 e. The quantitative estimate of drug-likeness (QED) is 0.403. The van der Waals surface area contributed by atoms with Crippen LogP contribution in [0.5, 0.6) is 0 Å². The minimum atomic E-state index is -1.03. The molecular weight excluding hydrogens is 483 g/mol. The monoisotopic (exact) mass is 510 g/mol. The molecule has 0 radical (unpaired) electrons. The van der Waals surface area contributed by atoms with E-state index in [-0.39, 0.29) is 40.6 Å². The van der Waals surface area contributed by atoms with E-state index in [9.17, 15) is 23.9 Å². The van der Waals surface area contributed by atoms with Crippen LogP contribution in [0.3, 0.4) is 0 Å². The number of benzene rings is 2. The first-order chi connectivity index (χ1) is 17.5. The zero-order chi connectivity index (χ0) is 27.1. The Bertz CT molecular complexity index is 1350. The number of rotatable bonds is 6. The highest BCUT2D eigenvalue weighted by Gasteiger charge is 2.38. The van der Waals surface area contributed by atoms with Crippen molar-refractivity contribution in [3.63, 3.8) is 0 Å². The maximum atomic E-state index is 14.6. The van der Waals surface area contributed by atoms with E-state index in [0.29, 0.717) is 5.56 Å².